The topological polar surface area (TPSA) is 33.7 Å². The largest absolute Gasteiger partial charge is 0.494 e. The predicted octanol–water partition coefficient (Wildman–Crippen LogP) is 2.21. The zero-order chi connectivity index (χ0) is 14.7. The zero-order valence-corrected chi connectivity index (χ0v) is 13.0. The standard InChI is InChI=1S/C17H26N2O2/c1-3-20-15-6-4-5-13(11-15)17-16(12-18-2)21-10-9-19(17)14-7-8-14/h4-6,11,14,16-18H,3,7-10,12H2,1-2H3. The van der Waals surface area contributed by atoms with Crippen molar-refractivity contribution in [3.05, 3.63) is 29.8 Å². The maximum absolute atomic E-state index is 6.05. The predicted molar refractivity (Wildman–Crippen MR) is 83.7 cm³/mol. The maximum Gasteiger partial charge on any atom is 0.119 e. The second-order valence-corrected chi connectivity index (χ2v) is 5.89. The minimum Gasteiger partial charge on any atom is -0.494 e. The van der Waals surface area contributed by atoms with Crippen molar-refractivity contribution < 1.29 is 9.47 Å². The van der Waals surface area contributed by atoms with Gasteiger partial charge >= 0.3 is 0 Å². The molecule has 3 rings (SSSR count). The van der Waals surface area contributed by atoms with Crippen molar-refractivity contribution in [3.63, 3.8) is 0 Å². The van der Waals surface area contributed by atoms with Gasteiger partial charge in [0.15, 0.2) is 0 Å². The van der Waals surface area contributed by atoms with Crippen LogP contribution in [0, 0.1) is 0 Å². The number of benzene rings is 1. The van der Waals surface area contributed by atoms with Crippen LogP contribution in [0.4, 0.5) is 0 Å². The van der Waals surface area contributed by atoms with Crippen molar-refractivity contribution in [3.8, 4) is 5.75 Å². The monoisotopic (exact) mass is 290 g/mol. The van der Waals surface area contributed by atoms with E-state index in [-0.39, 0.29) is 6.10 Å². The highest BCUT2D eigenvalue weighted by Gasteiger charge is 2.41. The van der Waals surface area contributed by atoms with Crippen LogP contribution in [0.1, 0.15) is 31.4 Å². The van der Waals surface area contributed by atoms with Crippen molar-refractivity contribution >= 4 is 0 Å². The summed E-state index contributed by atoms with van der Waals surface area (Å²) in [4.78, 5) is 2.64. The van der Waals surface area contributed by atoms with Gasteiger partial charge in [-0.1, -0.05) is 12.1 Å². The Kier molecular flexibility index (Phi) is 4.78. The zero-order valence-electron chi connectivity index (χ0n) is 13.0. The molecule has 2 fully saturated rings. The van der Waals surface area contributed by atoms with Gasteiger partial charge in [0.05, 0.1) is 25.4 Å². The first-order valence-corrected chi connectivity index (χ1v) is 8.08. The molecule has 0 amide bonds. The molecule has 4 nitrogen and oxygen atoms in total. The highest BCUT2D eigenvalue weighted by atomic mass is 16.5. The summed E-state index contributed by atoms with van der Waals surface area (Å²) in [6, 6.07) is 9.59. The van der Waals surface area contributed by atoms with Gasteiger partial charge < -0.3 is 14.8 Å². The Morgan fingerprint density at radius 2 is 2.24 bits per heavy atom. The summed E-state index contributed by atoms with van der Waals surface area (Å²) in [7, 11) is 1.99. The molecule has 1 aliphatic heterocycles. The summed E-state index contributed by atoms with van der Waals surface area (Å²) in [5, 5.41) is 3.27. The van der Waals surface area contributed by atoms with Crippen LogP contribution in [0.3, 0.4) is 0 Å². The van der Waals surface area contributed by atoms with Gasteiger partial charge in [0, 0.05) is 19.1 Å². The van der Waals surface area contributed by atoms with Crippen LogP contribution in [-0.4, -0.2) is 50.4 Å². The molecule has 21 heavy (non-hydrogen) atoms. The Bertz CT molecular complexity index is 460. The molecule has 116 valence electrons. The van der Waals surface area contributed by atoms with E-state index < -0.39 is 0 Å². The number of ether oxygens (including phenoxy) is 2. The molecule has 4 heteroatoms. The molecule has 2 aliphatic rings. The lowest BCUT2D eigenvalue weighted by Gasteiger charge is -2.42. The van der Waals surface area contributed by atoms with Crippen LogP contribution < -0.4 is 10.1 Å². The van der Waals surface area contributed by atoms with Crippen LogP contribution in [0.2, 0.25) is 0 Å². The quantitative estimate of drug-likeness (QED) is 0.871. The van der Waals surface area contributed by atoms with E-state index in [1.165, 1.54) is 18.4 Å². The number of morpholine rings is 1. The summed E-state index contributed by atoms with van der Waals surface area (Å²) in [6.45, 7) is 5.49. The van der Waals surface area contributed by atoms with E-state index in [1.807, 2.05) is 20.0 Å². The highest BCUT2D eigenvalue weighted by Crippen LogP contribution is 2.39. The molecule has 1 aromatic rings. The lowest BCUT2D eigenvalue weighted by atomic mass is 9.97. The summed E-state index contributed by atoms with van der Waals surface area (Å²) in [6.07, 6.45) is 2.86. The molecule has 1 aliphatic carbocycles. The molecule has 0 aromatic heterocycles. The van der Waals surface area contributed by atoms with Crippen molar-refractivity contribution in [1.29, 1.82) is 0 Å². The minimum absolute atomic E-state index is 0.209. The first-order chi connectivity index (χ1) is 10.3. The lowest BCUT2D eigenvalue weighted by molar-refractivity contribution is -0.0740. The molecule has 0 radical (unpaired) electrons. The molecule has 1 saturated carbocycles. The van der Waals surface area contributed by atoms with E-state index in [0.717, 1.165) is 31.5 Å². The lowest BCUT2D eigenvalue weighted by Crippen LogP contribution is -2.49. The Labute approximate surface area is 127 Å². The summed E-state index contributed by atoms with van der Waals surface area (Å²) in [5.41, 5.74) is 1.31. The van der Waals surface area contributed by atoms with Crippen LogP contribution in [0.5, 0.6) is 5.75 Å². The fraction of sp³-hybridized carbons (Fsp3) is 0.647. The molecule has 2 unspecified atom stereocenters. The van der Waals surface area contributed by atoms with E-state index in [4.69, 9.17) is 9.47 Å². The van der Waals surface area contributed by atoms with Crippen LogP contribution in [0.25, 0.3) is 0 Å². The van der Waals surface area contributed by atoms with Gasteiger partial charge in [0.2, 0.25) is 0 Å². The second kappa shape index (κ2) is 6.77. The number of hydrogen-bond donors (Lipinski definition) is 1. The van der Waals surface area contributed by atoms with E-state index >= 15 is 0 Å². The second-order valence-electron chi connectivity index (χ2n) is 5.89. The molecule has 2 atom stereocenters. The van der Waals surface area contributed by atoms with Gasteiger partial charge in [-0.2, -0.15) is 0 Å². The summed E-state index contributed by atoms with van der Waals surface area (Å²) < 4.78 is 11.7. The van der Waals surface area contributed by atoms with Gasteiger partial charge in [-0.3, -0.25) is 4.90 Å². The number of rotatable bonds is 6. The number of hydrogen-bond acceptors (Lipinski definition) is 4. The van der Waals surface area contributed by atoms with Crippen LogP contribution >= 0.6 is 0 Å². The number of likely N-dealkylation sites (N-methyl/N-ethyl adjacent to an activating group) is 1. The van der Waals surface area contributed by atoms with Gasteiger partial charge in [-0.05, 0) is 44.5 Å². The third-order valence-corrected chi connectivity index (χ3v) is 4.32. The Balaban J connectivity index is 1.86. The third kappa shape index (κ3) is 3.39. The number of nitrogens with one attached hydrogen (secondary N) is 1. The van der Waals surface area contributed by atoms with E-state index in [2.05, 4.69) is 28.4 Å². The molecule has 1 heterocycles. The Morgan fingerprint density at radius 1 is 1.38 bits per heavy atom. The SMILES string of the molecule is CCOc1cccc(C2C(CNC)OCCN2C2CC2)c1. The Hall–Kier alpha value is -1.10. The van der Waals surface area contributed by atoms with E-state index in [0.29, 0.717) is 12.6 Å². The van der Waals surface area contributed by atoms with Gasteiger partial charge in [-0.15, -0.1) is 0 Å². The van der Waals surface area contributed by atoms with Crippen molar-refractivity contribution in [1.82, 2.24) is 10.2 Å². The van der Waals surface area contributed by atoms with E-state index in [1.54, 1.807) is 0 Å². The molecule has 0 bridgehead atoms. The van der Waals surface area contributed by atoms with Gasteiger partial charge in [0.25, 0.3) is 0 Å². The van der Waals surface area contributed by atoms with Gasteiger partial charge in [0.1, 0.15) is 5.75 Å². The van der Waals surface area contributed by atoms with Crippen molar-refractivity contribution in [2.45, 2.75) is 38.0 Å². The first-order valence-electron chi connectivity index (χ1n) is 8.08. The average molecular weight is 290 g/mol. The van der Waals surface area contributed by atoms with E-state index in [9.17, 15) is 0 Å². The average Bonchev–Trinajstić information content (AvgIpc) is 3.33. The first kappa shape index (κ1) is 14.8. The normalized spacial score (nSPS) is 26.8. The number of nitrogens with zero attached hydrogens (tertiary/aromatic N) is 1. The molecule has 1 N–H and O–H groups in total. The molecule has 1 saturated heterocycles. The van der Waals surface area contributed by atoms with Gasteiger partial charge in [-0.25, -0.2) is 0 Å². The summed E-state index contributed by atoms with van der Waals surface area (Å²) >= 11 is 0. The summed E-state index contributed by atoms with van der Waals surface area (Å²) in [5.74, 6) is 0.958. The smallest absolute Gasteiger partial charge is 0.119 e. The van der Waals surface area contributed by atoms with Crippen LogP contribution in [0.15, 0.2) is 24.3 Å². The fourth-order valence-corrected chi connectivity index (χ4v) is 3.30. The van der Waals surface area contributed by atoms with Crippen molar-refractivity contribution in [2.24, 2.45) is 0 Å². The minimum atomic E-state index is 0.209. The van der Waals surface area contributed by atoms with Crippen LogP contribution in [-0.2, 0) is 4.74 Å². The molecular weight excluding hydrogens is 264 g/mol. The molecule has 0 spiro atoms. The fourth-order valence-electron chi connectivity index (χ4n) is 3.30. The molecule has 1 aromatic carbocycles. The Morgan fingerprint density at radius 3 is 2.95 bits per heavy atom. The molecular formula is C17H26N2O2. The van der Waals surface area contributed by atoms with Crippen molar-refractivity contribution in [2.75, 3.05) is 33.4 Å². The highest BCUT2D eigenvalue weighted by molar-refractivity contribution is 5.32. The maximum atomic E-state index is 6.05. The third-order valence-electron chi connectivity index (χ3n) is 4.32.